The Morgan fingerprint density at radius 3 is 2.71 bits per heavy atom. The molecule has 1 atom stereocenters. The number of aromatic nitrogens is 1. The van der Waals surface area contributed by atoms with Gasteiger partial charge in [0.25, 0.3) is 0 Å². The number of Topliss-reactive ketones (excluding diaryl/α,β-unsaturated/α-hetero) is 1. The van der Waals surface area contributed by atoms with Crippen LogP contribution in [0.25, 0.3) is 10.9 Å². The van der Waals surface area contributed by atoms with Crippen LogP contribution in [0.2, 0.25) is 0 Å². The first-order chi connectivity index (χ1) is 10.2. The number of ketones is 1. The van der Waals surface area contributed by atoms with Crippen LogP contribution in [-0.4, -0.2) is 22.8 Å². The molecule has 3 rings (SSSR count). The number of nitrogens with one attached hydrogen (secondary N) is 1. The van der Waals surface area contributed by atoms with Gasteiger partial charge in [0.2, 0.25) is 5.78 Å². The maximum atomic E-state index is 12.5. The fraction of sp³-hybridized carbons (Fsp3) is 0.412. The molecule has 2 aromatic rings. The number of aromatic amines is 1. The van der Waals surface area contributed by atoms with Crippen LogP contribution in [0.1, 0.15) is 43.0 Å². The van der Waals surface area contributed by atoms with Gasteiger partial charge in [-0.2, -0.15) is 0 Å². The van der Waals surface area contributed by atoms with Crippen LogP contribution in [0.15, 0.2) is 30.5 Å². The van der Waals surface area contributed by atoms with Gasteiger partial charge in [0.05, 0.1) is 5.92 Å². The van der Waals surface area contributed by atoms with Crippen LogP contribution in [0, 0.1) is 5.92 Å². The van der Waals surface area contributed by atoms with E-state index in [1.165, 1.54) is 0 Å². The number of para-hydroxylation sites is 1. The average molecular weight is 285 g/mol. The molecule has 1 aromatic heterocycles. The average Bonchev–Trinajstić information content (AvgIpc) is 3.15. The summed E-state index contributed by atoms with van der Waals surface area (Å²) in [5, 5.41) is 0.867. The summed E-state index contributed by atoms with van der Waals surface area (Å²) in [5.74, 6) is -0.407. The van der Waals surface area contributed by atoms with Crippen molar-refractivity contribution in [2.45, 2.75) is 38.7 Å². The Bertz CT molecular complexity index is 667. The molecule has 1 fully saturated rings. The summed E-state index contributed by atoms with van der Waals surface area (Å²) in [6.45, 7) is 1.65. The van der Waals surface area contributed by atoms with E-state index >= 15 is 0 Å². The Morgan fingerprint density at radius 2 is 1.95 bits per heavy atom. The lowest BCUT2D eigenvalue weighted by Gasteiger charge is -2.15. The van der Waals surface area contributed by atoms with Gasteiger partial charge in [0.15, 0.2) is 6.10 Å². The largest absolute Gasteiger partial charge is 0.454 e. The van der Waals surface area contributed by atoms with Gasteiger partial charge in [-0.25, -0.2) is 0 Å². The molecule has 1 aliphatic rings. The van der Waals surface area contributed by atoms with Crippen LogP contribution in [0.3, 0.4) is 0 Å². The molecule has 0 spiro atoms. The van der Waals surface area contributed by atoms with Gasteiger partial charge in [0, 0.05) is 22.7 Å². The number of ether oxygens (including phenoxy) is 1. The molecule has 1 N–H and O–H groups in total. The van der Waals surface area contributed by atoms with Crippen LogP contribution in [0.4, 0.5) is 0 Å². The monoisotopic (exact) mass is 285 g/mol. The smallest absolute Gasteiger partial charge is 0.309 e. The molecule has 0 aliphatic heterocycles. The van der Waals surface area contributed by atoms with E-state index in [0.717, 1.165) is 36.6 Å². The number of fused-ring (bicyclic) bond motifs is 1. The van der Waals surface area contributed by atoms with Gasteiger partial charge in [-0.15, -0.1) is 0 Å². The van der Waals surface area contributed by atoms with Gasteiger partial charge in [0.1, 0.15) is 0 Å². The number of rotatable bonds is 4. The van der Waals surface area contributed by atoms with E-state index in [1.807, 2.05) is 24.3 Å². The minimum absolute atomic E-state index is 0.0248. The first-order valence-electron chi connectivity index (χ1n) is 7.47. The molecule has 21 heavy (non-hydrogen) atoms. The predicted molar refractivity (Wildman–Crippen MR) is 80.1 cm³/mol. The van der Waals surface area contributed by atoms with E-state index in [2.05, 4.69) is 4.98 Å². The summed E-state index contributed by atoms with van der Waals surface area (Å²) in [6.07, 6.45) is 4.86. The van der Waals surface area contributed by atoms with Crippen molar-refractivity contribution < 1.29 is 14.3 Å². The molecule has 4 nitrogen and oxygen atoms in total. The summed E-state index contributed by atoms with van der Waals surface area (Å²) in [4.78, 5) is 27.6. The second kappa shape index (κ2) is 5.72. The second-order valence-corrected chi connectivity index (χ2v) is 5.67. The maximum Gasteiger partial charge on any atom is 0.309 e. The van der Waals surface area contributed by atoms with Crippen LogP contribution in [0.5, 0.6) is 0 Å². The van der Waals surface area contributed by atoms with Crippen LogP contribution >= 0.6 is 0 Å². The van der Waals surface area contributed by atoms with Gasteiger partial charge in [-0.05, 0) is 25.8 Å². The second-order valence-electron chi connectivity index (χ2n) is 5.67. The number of carbonyl (C=O) groups excluding carboxylic acids is 2. The van der Waals surface area contributed by atoms with Gasteiger partial charge >= 0.3 is 5.97 Å². The lowest BCUT2D eigenvalue weighted by molar-refractivity contribution is -0.151. The van der Waals surface area contributed by atoms with Crippen molar-refractivity contribution in [3.8, 4) is 0 Å². The summed E-state index contributed by atoms with van der Waals surface area (Å²) in [6, 6.07) is 7.62. The molecular weight excluding hydrogens is 266 g/mol. The highest BCUT2D eigenvalue weighted by atomic mass is 16.5. The number of carbonyl (C=O) groups is 2. The van der Waals surface area contributed by atoms with Crippen molar-refractivity contribution in [2.24, 2.45) is 5.92 Å². The number of hydrogen-bond donors (Lipinski definition) is 1. The first-order valence-corrected chi connectivity index (χ1v) is 7.47. The van der Waals surface area contributed by atoms with E-state index in [1.54, 1.807) is 13.1 Å². The zero-order chi connectivity index (χ0) is 14.8. The fourth-order valence-corrected chi connectivity index (χ4v) is 2.98. The highest BCUT2D eigenvalue weighted by molar-refractivity contribution is 6.10. The molecule has 1 heterocycles. The Labute approximate surface area is 123 Å². The molecular formula is C17H19NO3. The molecule has 0 saturated heterocycles. The van der Waals surface area contributed by atoms with Crippen molar-refractivity contribution in [1.29, 1.82) is 0 Å². The van der Waals surface area contributed by atoms with Crippen molar-refractivity contribution in [3.05, 3.63) is 36.0 Å². The van der Waals surface area contributed by atoms with Gasteiger partial charge in [-0.3, -0.25) is 9.59 Å². The fourth-order valence-electron chi connectivity index (χ4n) is 2.98. The Hall–Kier alpha value is -2.10. The van der Waals surface area contributed by atoms with E-state index in [4.69, 9.17) is 4.74 Å². The van der Waals surface area contributed by atoms with Crippen LogP contribution in [-0.2, 0) is 9.53 Å². The first kappa shape index (κ1) is 13.9. The third kappa shape index (κ3) is 2.71. The van der Waals surface area contributed by atoms with Gasteiger partial charge in [-0.1, -0.05) is 31.0 Å². The van der Waals surface area contributed by atoms with Crippen molar-refractivity contribution in [2.75, 3.05) is 0 Å². The lowest BCUT2D eigenvalue weighted by atomic mass is 10.1. The molecule has 1 aromatic carbocycles. The summed E-state index contributed by atoms with van der Waals surface area (Å²) >= 11 is 0. The maximum absolute atomic E-state index is 12.5. The molecule has 0 bridgehead atoms. The standard InChI is InChI=1S/C17H19NO3/c1-11(21-17(20)12-6-2-3-7-12)16(19)14-10-18-15-9-5-4-8-13(14)15/h4-5,8-12,18H,2-3,6-7H2,1H3/t11-/m1/s1. The normalized spacial score (nSPS) is 17.0. The Kier molecular flexibility index (Phi) is 3.78. The molecule has 0 amide bonds. The SMILES string of the molecule is C[C@@H](OC(=O)C1CCCC1)C(=O)c1c[nH]c2ccccc12. The van der Waals surface area contributed by atoms with Crippen molar-refractivity contribution in [1.82, 2.24) is 4.98 Å². The lowest BCUT2D eigenvalue weighted by Crippen LogP contribution is -2.27. The van der Waals surface area contributed by atoms with E-state index in [-0.39, 0.29) is 17.7 Å². The predicted octanol–water partition coefficient (Wildman–Crippen LogP) is 3.47. The Balaban J connectivity index is 1.73. The summed E-state index contributed by atoms with van der Waals surface area (Å²) in [7, 11) is 0. The summed E-state index contributed by atoms with van der Waals surface area (Å²) < 4.78 is 5.37. The molecule has 110 valence electrons. The highest BCUT2D eigenvalue weighted by Crippen LogP contribution is 2.27. The number of benzene rings is 1. The summed E-state index contributed by atoms with van der Waals surface area (Å²) in [5.41, 5.74) is 1.49. The minimum Gasteiger partial charge on any atom is -0.454 e. The van der Waals surface area contributed by atoms with Crippen LogP contribution < -0.4 is 0 Å². The van der Waals surface area contributed by atoms with Crippen molar-refractivity contribution in [3.63, 3.8) is 0 Å². The quantitative estimate of drug-likeness (QED) is 0.691. The molecule has 4 heteroatoms. The minimum atomic E-state index is -0.739. The van der Waals surface area contributed by atoms with Gasteiger partial charge < -0.3 is 9.72 Å². The third-order valence-electron chi connectivity index (χ3n) is 4.21. The van der Waals surface area contributed by atoms with E-state index in [0.29, 0.717) is 5.56 Å². The molecule has 0 radical (unpaired) electrons. The Morgan fingerprint density at radius 1 is 1.24 bits per heavy atom. The van der Waals surface area contributed by atoms with E-state index < -0.39 is 6.10 Å². The van der Waals surface area contributed by atoms with E-state index in [9.17, 15) is 9.59 Å². The molecule has 0 unspecified atom stereocenters. The molecule has 1 aliphatic carbocycles. The zero-order valence-corrected chi connectivity index (χ0v) is 12.1. The number of H-pyrrole nitrogens is 1. The third-order valence-corrected chi connectivity index (χ3v) is 4.21. The topological polar surface area (TPSA) is 59.2 Å². The van der Waals surface area contributed by atoms with Crippen molar-refractivity contribution >= 4 is 22.7 Å². The number of esters is 1. The number of hydrogen-bond acceptors (Lipinski definition) is 3. The zero-order valence-electron chi connectivity index (χ0n) is 12.1. The molecule has 1 saturated carbocycles. The highest BCUT2D eigenvalue weighted by Gasteiger charge is 2.28.